The van der Waals surface area contributed by atoms with Gasteiger partial charge in [-0.2, -0.15) is 35.1 Å². The van der Waals surface area contributed by atoms with Crippen LogP contribution in [0.1, 0.15) is 16.7 Å². The molecular formula is C11H8F8N2. The number of rotatable bonds is 0. The first-order chi connectivity index (χ1) is 9.21. The Kier molecular flexibility index (Phi) is 2.77. The summed E-state index contributed by atoms with van der Waals surface area (Å²) in [7, 11) is 0. The van der Waals surface area contributed by atoms with Crippen LogP contribution in [0, 0.1) is 6.92 Å². The fourth-order valence-electron chi connectivity index (χ4n) is 2.23. The van der Waals surface area contributed by atoms with E-state index < -0.39 is 46.2 Å². The molecule has 0 aromatic heterocycles. The molecule has 1 aliphatic rings. The summed E-state index contributed by atoms with van der Waals surface area (Å²) in [6, 6.07) is 0.650. The molecule has 2 nitrogen and oxygen atoms in total. The molecule has 21 heavy (non-hydrogen) atoms. The van der Waals surface area contributed by atoms with E-state index in [0.717, 1.165) is 6.92 Å². The molecule has 0 bridgehead atoms. The smallest absolute Gasteiger partial charge is 0.383 e. The van der Waals surface area contributed by atoms with Crippen LogP contribution in [0.3, 0.4) is 0 Å². The highest BCUT2D eigenvalue weighted by molar-refractivity contribution is 5.71. The molecule has 0 spiro atoms. The first-order valence-corrected chi connectivity index (χ1v) is 5.42. The van der Waals surface area contributed by atoms with Crippen molar-refractivity contribution in [2.75, 3.05) is 11.5 Å². The van der Waals surface area contributed by atoms with Gasteiger partial charge in [0.1, 0.15) is 0 Å². The van der Waals surface area contributed by atoms with Gasteiger partial charge >= 0.3 is 23.7 Å². The zero-order valence-corrected chi connectivity index (χ0v) is 10.3. The lowest BCUT2D eigenvalue weighted by atomic mass is 9.77. The second-order valence-electron chi connectivity index (χ2n) is 4.74. The second kappa shape index (κ2) is 3.72. The van der Waals surface area contributed by atoms with E-state index in [4.69, 9.17) is 11.5 Å². The van der Waals surface area contributed by atoms with Gasteiger partial charge in [0.05, 0.1) is 11.1 Å². The Bertz CT molecular complexity index is 623. The lowest BCUT2D eigenvalue weighted by Crippen LogP contribution is -2.64. The van der Waals surface area contributed by atoms with Gasteiger partial charge in [-0.25, -0.2) is 0 Å². The van der Waals surface area contributed by atoms with Crippen molar-refractivity contribution in [1.82, 2.24) is 0 Å². The zero-order valence-electron chi connectivity index (χ0n) is 10.3. The van der Waals surface area contributed by atoms with Crippen LogP contribution in [-0.2, 0) is 11.8 Å². The van der Waals surface area contributed by atoms with E-state index in [1.165, 1.54) is 0 Å². The average Bonchev–Trinajstić information content (AvgIpc) is 2.30. The van der Waals surface area contributed by atoms with E-state index in [1.54, 1.807) is 0 Å². The van der Waals surface area contributed by atoms with Crippen molar-refractivity contribution in [1.29, 1.82) is 0 Å². The normalized spacial score (nSPS) is 24.4. The van der Waals surface area contributed by atoms with Gasteiger partial charge in [-0.15, -0.1) is 0 Å². The molecule has 0 amide bonds. The van der Waals surface area contributed by atoms with Crippen molar-refractivity contribution in [3.8, 4) is 0 Å². The van der Waals surface area contributed by atoms with E-state index in [9.17, 15) is 35.1 Å². The molecule has 118 valence electrons. The minimum absolute atomic E-state index is 0.303. The SMILES string of the molecule is Cc1cc(N)c2c(c1N)C(F)(F)C(F)(F)C(F)(F)C2(F)F. The number of anilines is 2. The van der Waals surface area contributed by atoms with Crippen molar-refractivity contribution in [2.24, 2.45) is 0 Å². The summed E-state index contributed by atoms with van der Waals surface area (Å²) >= 11 is 0. The average molecular weight is 320 g/mol. The Morgan fingerprint density at radius 1 is 0.762 bits per heavy atom. The first kappa shape index (κ1) is 15.6. The highest BCUT2D eigenvalue weighted by Crippen LogP contribution is 2.66. The largest absolute Gasteiger partial charge is 0.398 e. The van der Waals surface area contributed by atoms with Gasteiger partial charge in [0.25, 0.3) is 0 Å². The maximum Gasteiger partial charge on any atom is 0.383 e. The molecule has 1 aromatic carbocycles. The summed E-state index contributed by atoms with van der Waals surface area (Å²) in [6.45, 7) is 1.05. The topological polar surface area (TPSA) is 52.0 Å². The molecule has 2 rings (SSSR count). The van der Waals surface area contributed by atoms with E-state index in [0.29, 0.717) is 6.07 Å². The third-order valence-corrected chi connectivity index (χ3v) is 3.42. The number of nitrogens with two attached hydrogens (primary N) is 2. The maximum atomic E-state index is 13.7. The van der Waals surface area contributed by atoms with Gasteiger partial charge in [-0.05, 0) is 18.6 Å². The summed E-state index contributed by atoms with van der Waals surface area (Å²) in [5, 5.41) is 0. The Balaban J connectivity index is 3.05. The molecule has 0 saturated heterocycles. The fraction of sp³-hybridized carbons (Fsp3) is 0.455. The molecule has 0 unspecified atom stereocenters. The third kappa shape index (κ3) is 1.47. The van der Waals surface area contributed by atoms with Crippen LogP contribution in [0.4, 0.5) is 46.5 Å². The monoisotopic (exact) mass is 320 g/mol. The van der Waals surface area contributed by atoms with Crippen molar-refractivity contribution in [2.45, 2.75) is 30.6 Å². The highest BCUT2D eigenvalue weighted by Gasteiger charge is 2.86. The van der Waals surface area contributed by atoms with Gasteiger partial charge in [-0.3, -0.25) is 0 Å². The first-order valence-electron chi connectivity index (χ1n) is 5.42. The molecule has 0 heterocycles. The minimum Gasteiger partial charge on any atom is -0.398 e. The number of aryl methyl sites for hydroxylation is 1. The van der Waals surface area contributed by atoms with Crippen LogP contribution in [0.25, 0.3) is 0 Å². The molecule has 4 N–H and O–H groups in total. The van der Waals surface area contributed by atoms with Crippen LogP contribution in [-0.4, -0.2) is 11.8 Å². The third-order valence-electron chi connectivity index (χ3n) is 3.42. The number of fused-ring (bicyclic) bond motifs is 1. The number of nitrogen functional groups attached to an aromatic ring is 2. The number of benzene rings is 1. The molecule has 0 saturated carbocycles. The zero-order chi connectivity index (χ0) is 16.6. The van der Waals surface area contributed by atoms with Gasteiger partial charge in [-0.1, -0.05) is 0 Å². The summed E-state index contributed by atoms with van der Waals surface area (Å²) in [5.74, 6) is -23.9. The Labute approximate surface area is 112 Å². The van der Waals surface area contributed by atoms with Crippen molar-refractivity contribution in [3.63, 3.8) is 0 Å². The molecule has 0 aliphatic heterocycles. The summed E-state index contributed by atoms with van der Waals surface area (Å²) in [4.78, 5) is 0. The molecule has 0 fully saturated rings. The van der Waals surface area contributed by atoms with Crippen LogP contribution in [0.5, 0.6) is 0 Å². The Morgan fingerprint density at radius 2 is 1.14 bits per heavy atom. The summed E-state index contributed by atoms with van der Waals surface area (Å²) in [6.07, 6.45) is 0. The summed E-state index contributed by atoms with van der Waals surface area (Å²) < 4.78 is 108. The molecule has 0 radical (unpaired) electrons. The van der Waals surface area contributed by atoms with Crippen LogP contribution < -0.4 is 11.5 Å². The van der Waals surface area contributed by atoms with E-state index >= 15 is 0 Å². The van der Waals surface area contributed by atoms with Crippen molar-refractivity contribution < 1.29 is 35.1 Å². The Hall–Kier alpha value is -1.74. The molecule has 1 aliphatic carbocycles. The number of alkyl halides is 8. The molecule has 0 atom stereocenters. The number of halogens is 8. The molecule has 1 aromatic rings. The minimum atomic E-state index is -6.33. The van der Waals surface area contributed by atoms with Gasteiger partial charge < -0.3 is 11.5 Å². The van der Waals surface area contributed by atoms with E-state index in [1.807, 2.05) is 0 Å². The lowest BCUT2D eigenvalue weighted by Gasteiger charge is -2.43. The van der Waals surface area contributed by atoms with Crippen LogP contribution in [0.15, 0.2) is 6.07 Å². The standard InChI is InChI=1S/C11H8F8N2/c1-3-2-4(20)5-6(7(3)21)9(14,15)11(18,19)10(16,17)8(5,12)13/h2H,20-21H2,1H3. The second-order valence-corrected chi connectivity index (χ2v) is 4.74. The van der Waals surface area contributed by atoms with Gasteiger partial charge in [0.2, 0.25) is 0 Å². The van der Waals surface area contributed by atoms with E-state index in [-0.39, 0.29) is 5.56 Å². The van der Waals surface area contributed by atoms with Crippen molar-refractivity contribution in [3.05, 3.63) is 22.8 Å². The number of hydrogen-bond acceptors (Lipinski definition) is 2. The quantitative estimate of drug-likeness (QED) is 0.566. The van der Waals surface area contributed by atoms with Crippen molar-refractivity contribution >= 4 is 11.4 Å². The summed E-state index contributed by atoms with van der Waals surface area (Å²) in [5.41, 5.74) is 3.50. The van der Waals surface area contributed by atoms with Crippen LogP contribution >= 0.6 is 0 Å². The number of hydrogen-bond donors (Lipinski definition) is 2. The van der Waals surface area contributed by atoms with Crippen LogP contribution in [0.2, 0.25) is 0 Å². The van der Waals surface area contributed by atoms with Gasteiger partial charge in [0, 0.05) is 11.4 Å². The Morgan fingerprint density at radius 3 is 1.57 bits per heavy atom. The highest BCUT2D eigenvalue weighted by atomic mass is 19.4. The molecular weight excluding hydrogens is 312 g/mol. The lowest BCUT2D eigenvalue weighted by molar-refractivity contribution is -0.386. The maximum absolute atomic E-state index is 13.7. The fourth-order valence-corrected chi connectivity index (χ4v) is 2.23. The predicted octanol–water partition coefficient (Wildman–Crippen LogP) is 3.63. The molecule has 10 heteroatoms. The predicted molar refractivity (Wildman–Crippen MR) is 57.7 cm³/mol. The van der Waals surface area contributed by atoms with Gasteiger partial charge in [0.15, 0.2) is 0 Å². The van der Waals surface area contributed by atoms with E-state index in [2.05, 4.69) is 0 Å².